The molecule has 1 amide bonds. The molecule has 9 heteroatoms. The fourth-order valence-corrected chi connectivity index (χ4v) is 3.84. The molecule has 0 aliphatic heterocycles. The van der Waals surface area contributed by atoms with E-state index in [4.69, 9.17) is 37.4 Å². The van der Waals surface area contributed by atoms with Crippen LogP contribution in [0.4, 0.5) is 0 Å². The van der Waals surface area contributed by atoms with E-state index in [1.807, 2.05) is 26.0 Å². The van der Waals surface area contributed by atoms with Crippen molar-refractivity contribution in [2.75, 3.05) is 13.2 Å². The smallest absolute Gasteiger partial charge is 0.271 e. The molecule has 3 rings (SSSR count). The second-order valence-electron chi connectivity index (χ2n) is 6.96. The Kier molecular flexibility index (Phi) is 9.62. The minimum absolute atomic E-state index is 0.279. The van der Waals surface area contributed by atoms with Gasteiger partial charge in [-0.15, -0.1) is 0 Å². The first kappa shape index (κ1) is 25.9. The fraction of sp³-hybridized carbons (Fsp3) is 0.200. The third kappa shape index (κ3) is 7.13. The number of nitrogens with zero attached hydrogens (tertiary/aromatic N) is 1. The quantitative estimate of drug-likeness (QED) is 0.214. The summed E-state index contributed by atoms with van der Waals surface area (Å²) < 4.78 is 17.8. The third-order valence-electron chi connectivity index (χ3n) is 4.51. The topological polar surface area (TPSA) is 69.2 Å². The zero-order valence-corrected chi connectivity index (χ0v) is 21.7. The van der Waals surface area contributed by atoms with Gasteiger partial charge in [0.25, 0.3) is 5.91 Å². The molecule has 6 nitrogen and oxygen atoms in total. The van der Waals surface area contributed by atoms with Gasteiger partial charge in [-0.2, -0.15) is 5.10 Å². The van der Waals surface area contributed by atoms with Crippen molar-refractivity contribution >= 4 is 51.3 Å². The van der Waals surface area contributed by atoms with Crippen molar-refractivity contribution in [3.8, 4) is 17.2 Å². The van der Waals surface area contributed by atoms with Crippen molar-refractivity contribution in [3.05, 3.63) is 85.8 Å². The molecule has 0 atom stereocenters. The maximum atomic E-state index is 12.3. The van der Waals surface area contributed by atoms with E-state index in [2.05, 4.69) is 26.5 Å². The van der Waals surface area contributed by atoms with E-state index in [1.165, 1.54) is 6.21 Å². The zero-order chi connectivity index (χ0) is 24.5. The van der Waals surface area contributed by atoms with Crippen molar-refractivity contribution in [2.45, 2.75) is 20.5 Å². The highest BCUT2D eigenvalue weighted by atomic mass is 79.9. The molecule has 3 aromatic carbocycles. The standard InChI is InChI=1S/C25H23BrCl2N2O4/c1-3-32-19-8-6-18(7-9-19)25(31)30-29-14-17-11-20(26)24(23(13-17)33-4-2)34-15-16-5-10-21(27)22(28)12-16/h5-14H,3-4,15H2,1-2H3,(H,30,31)/b29-14+. The highest BCUT2D eigenvalue weighted by Gasteiger charge is 2.13. The van der Waals surface area contributed by atoms with Crippen LogP contribution in [0.3, 0.4) is 0 Å². The third-order valence-corrected chi connectivity index (χ3v) is 5.83. The lowest BCUT2D eigenvalue weighted by Crippen LogP contribution is -2.17. The predicted octanol–water partition coefficient (Wildman–Crippen LogP) is 6.90. The molecule has 1 N–H and O–H groups in total. The molecule has 0 fully saturated rings. The molecule has 0 spiro atoms. The lowest BCUT2D eigenvalue weighted by Gasteiger charge is -2.15. The van der Waals surface area contributed by atoms with Crippen LogP contribution >= 0.6 is 39.1 Å². The molecule has 0 bridgehead atoms. The highest BCUT2D eigenvalue weighted by molar-refractivity contribution is 9.10. The normalized spacial score (nSPS) is 10.9. The first-order chi connectivity index (χ1) is 16.4. The van der Waals surface area contributed by atoms with Crippen molar-refractivity contribution in [2.24, 2.45) is 5.10 Å². The first-order valence-corrected chi connectivity index (χ1v) is 12.1. The van der Waals surface area contributed by atoms with Gasteiger partial charge in [-0.3, -0.25) is 4.79 Å². The summed E-state index contributed by atoms with van der Waals surface area (Å²) in [4.78, 5) is 12.3. The molecular weight excluding hydrogens is 543 g/mol. The molecule has 0 aromatic heterocycles. The Labute approximate surface area is 216 Å². The lowest BCUT2D eigenvalue weighted by molar-refractivity contribution is 0.0955. The van der Waals surface area contributed by atoms with Gasteiger partial charge in [0.05, 0.1) is 33.9 Å². The fourth-order valence-electron chi connectivity index (χ4n) is 2.95. The molecule has 0 aliphatic carbocycles. The largest absolute Gasteiger partial charge is 0.494 e. The summed E-state index contributed by atoms with van der Waals surface area (Å²) in [6.07, 6.45) is 1.53. The summed E-state index contributed by atoms with van der Waals surface area (Å²) >= 11 is 15.6. The number of carbonyl (C=O) groups excluding carboxylic acids is 1. The van der Waals surface area contributed by atoms with Crippen LogP contribution in [0.15, 0.2) is 64.2 Å². The predicted molar refractivity (Wildman–Crippen MR) is 139 cm³/mol. The van der Waals surface area contributed by atoms with Crippen LogP contribution in [0, 0.1) is 0 Å². The Bertz CT molecular complexity index is 1170. The number of amides is 1. The number of benzene rings is 3. The van der Waals surface area contributed by atoms with Gasteiger partial charge in [0.15, 0.2) is 11.5 Å². The highest BCUT2D eigenvalue weighted by Crippen LogP contribution is 2.37. The number of nitrogens with one attached hydrogen (secondary N) is 1. The molecule has 0 radical (unpaired) electrons. The van der Waals surface area contributed by atoms with E-state index in [9.17, 15) is 4.79 Å². The second kappa shape index (κ2) is 12.6. The van der Waals surface area contributed by atoms with Crippen molar-refractivity contribution in [1.82, 2.24) is 5.43 Å². The van der Waals surface area contributed by atoms with E-state index in [0.29, 0.717) is 56.1 Å². The van der Waals surface area contributed by atoms with Crippen molar-refractivity contribution in [1.29, 1.82) is 0 Å². The van der Waals surface area contributed by atoms with Crippen LogP contribution < -0.4 is 19.6 Å². The van der Waals surface area contributed by atoms with Crippen LogP contribution in [0.25, 0.3) is 0 Å². The van der Waals surface area contributed by atoms with E-state index >= 15 is 0 Å². The minimum atomic E-state index is -0.329. The van der Waals surface area contributed by atoms with Crippen LogP contribution in [0.2, 0.25) is 10.0 Å². The minimum Gasteiger partial charge on any atom is -0.494 e. The van der Waals surface area contributed by atoms with Crippen LogP contribution in [0.5, 0.6) is 17.2 Å². The van der Waals surface area contributed by atoms with Gasteiger partial charge < -0.3 is 14.2 Å². The van der Waals surface area contributed by atoms with Crippen molar-refractivity contribution in [3.63, 3.8) is 0 Å². The van der Waals surface area contributed by atoms with E-state index < -0.39 is 0 Å². The number of hydrazone groups is 1. The second-order valence-corrected chi connectivity index (χ2v) is 8.63. The first-order valence-electron chi connectivity index (χ1n) is 10.5. The molecule has 0 unspecified atom stereocenters. The number of halogens is 3. The Morgan fingerprint density at radius 3 is 2.38 bits per heavy atom. The molecule has 0 saturated carbocycles. The van der Waals surface area contributed by atoms with Gasteiger partial charge in [-0.25, -0.2) is 5.43 Å². The number of hydrogen-bond acceptors (Lipinski definition) is 5. The van der Waals surface area contributed by atoms with Crippen LogP contribution in [0.1, 0.15) is 35.3 Å². The molecule has 34 heavy (non-hydrogen) atoms. The summed E-state index contributed by atoms with van der Waals surface area (Å²) in [5.41, 5.74) is 4.57. The average Bonchev–Trinajstić information content (AvgIpc) is 2.81. The summed E-state index contributed by atoms with van der Waals surface area (Å²) in [5, 5.41) is 5.01. The number of rotatable bonds is 10. The molecule has 0 heterocycles. The van der Waals surface area contributed by atoms with Crippen LogP contribution in [-0.4, -0.2) is 25.3 Å². The summed E-state index contributed by atoms with van der Waals surface area (Å²) in [5.74, 6) is 1.46. The SMILES string of the molecule is CCOc1ccc(C(=O)N/N=C/c2cc(Br)c(OCc3ccc(Cl)c(Cl)c3)c(OCC)c2)cc1. The summed E-state index contributed by atoms with van der Waals surface area (Å²) in [6, 6.07) is 15.8. The Morgan fingerprint density at radius 1 is 0.971 bits per heavy atom. The van der Waals surface area contributed by atoms with Crippen molar-refractivity contribution < 1.29 is 19.0 Å². The van der Waals surface area contributed by atoms with Crippen LogP contribution in [-0.2, 0) is 6.61 Å². The number of hydrogen-bond donors (Lipinski definition) is 1. The average molecular weight is 566 g/mol. The van der Waals surface area contributed by atoms with Gasteiger partial charge in [0.1, 0.15) is 12.4 Å². The maximum absolute atomic E-state index is 12.3. The van der Waals surface area contributed by atoms with Gasteiger partial charge >= 0.3 is 0 Å². The van der Waals surface area contributed by atoms with E-state index in [0.717, 1.165) is 5.56 Å². The summed E-state index contributed by atoms with van der Waals surface area (Å²) in [7, 11) is 0. The van der Waals surface area contributed by atoms with Gasteiger partial charge in [0, 0.05) is 5.56 Å². The lowest BCUT2D eigenvalue weighted by atomic mass is 10.2. The van der Waals surface area contributed by atoms with Gasteiger partial charge in [0.2, 0.25) is 0 Å². The van der Waals surface area contributed by atoms with Gasteiger partial charge in [-0.05, 0) is 89.4 Å². The summed E-state index contributed by atoms with van der Waals surface area (Å²) in [6.45, 7) is 5.08. The van der Waals surface area contributed by atoms with E-state index in [-0.39, 0.29) is 12.5 Å². The Hall–Kier alpha value is -2.74. The molecule has 0 aliphatic rings. The Morgan fingerprint density at radius 2 is 1.71 bits per heavy atom. The molecule has 0 saturated heterocycles. The van der Waals surface area contributed by atoms with Gasteiger partial charge in [-0.1, -0.05) is 29.3 Å². The Balaban J connectivity index is 1.69. The molecule has 178 valence electrons. The maximum Gasteiger partial charge on any atom is 0.271 e. The zero-order valence-electron chi connectivity index (χ0n) is 18.6. The monoisotopic (exact) mass is 564 g/mol. The molecular formula is C25H23BrCl2N2O4. The number of ether oxygens (including phenoxy) is 3. The van der Waals surface area contributed by atoms with E-state index in [1.54, 1.807) is 42.5 Å². The number of carbonyl (C=O) groups is 1. The molecule has 3 aromatic rings.